The molecule has 74 valence electrons. The smallest absolute Gasteiger partial charge is 0.324 e. The van der Waals surface area contributed by atoms with Crippen molar-refractivity contribution in [3.63, 3.8) is 0 Å². The number of hydrogen-bond donors (Lipinski definition) is 1. The van der Waals surface area contributed by atoms with Crippen molar-refractivity contribution in [3.05, 3.63) is 23.3 Å². The van der Waals surface area contributed by atoms with Crippen LogP contribution >= 0.6 is 0 Å². The number of halogens is 3. The van der Waals surface area contributed by atoms with Gasteiger partial charge in [0.1, 0.15) is 0 Å². The van der Waals surface area contributed by atoms with Crippen LogP contribution in [0.15, 0.2) is 23.3 Å². The highest BCUT2D eigenvalue weighted by Crippen LogP contribution is 2.32. The van der Waals surface area contributed by atoms with Gasteiger partial charge in [-0.2, -0.15) is 13.2 Å². The number of hydrogen-bond acceptors (Lipinski definition) is 1. The lowest BCUT2D eigenvalue weighted by molar-refractivity contribution is -0.0887. The molecule has 1 nitrogen and oxygen atoms in total. The van der Waals surface area contributed by atoms with Crippen LogP contribution in [-0.4, -0.2) is 12.2 Å². The van der Waals surface area contributed by atoms with Crippen molar-refractivity contribution in [1.82, 2.24) is 0 Å². The summed E-state index contributed by atoms with van der Waals surface area (Å²) < 4.78 is 36.7. The standard InChI is InChI=1S/C9H12F3N/c1-6(13)7-3-2-4-8(5-7)9(10,11)12/h4-6H,2-3,13H2,1H3/t6-/m1/s1. The minimum Gasteiger partial charge on any atom is -0.324 e. The van der Waals surface area contributed by atoms with Gasteiger partial charge in [-0.15, -0.1) is 0 Å². The monoisotopic (exact) mass is 191 g/mol. The molecule has 0 radical (unpaired) electrons. The molecule has 0 aromatic heterocycles. The highest BCUT2D eigenvalue weighted by atomic mass is 19.4. The van der Waals surface area contributed by atoms with Crippen LogP contribution in [0.3, 0.4) is 0 Å². The Bertz CT molecular complexity index is 248. The van der Waals surface area contributed by atoms with Crippen LogP contribution in [0.25, 0.3) is 0 Å². The van der Waals surface area contributed by atoms with E-state index in [2.05, 4.69) is 0 Å². The Kier molecular flexibility index (Phi) is 2.81. The fourth-order valence-electron chi connectivity index (χ4n) is 1.28. The topological polar surface area (TPSA) is 26.0 Å². The molecular formula is C9H12F3N. The van der Waals surface area contributed by atoms with Crippen molar-refractivity contribution in [2.45, 2.75) is 32.0 Å². The Hall–Kier alpha value is -0.770. The van der Waals surface area contributed by atoms with Gasteiger partial charge in [0.25, 0.3) is 0 Å². The molecule has 4 heteroatoms. The summed E-state index contributed by atoms with van der Waals surface area (Å²) in [5.74, 6) is 0. The molecule has 13 heavy (non-hydrogen) atoms. The van der Waals surface area contributed by atoms with Gasteiger partial charge in [-0.1, -0.05) is 11.6 Å². The van der Waals surface area contributed by atoms with E-state index < -0.39 is 11.7 Å². The molecule has 1 aliphatic rings. The summed E-state index contributed by atoms with van der Waals surface area (Å²) in [5, 5.41) is 0. The van der Waals surface area contributed by atoms with Crippen LogP contribution in [0.2, 0.25) is 0 Å². The molecule has 0 heterocycles. The Morgan fingerprint density at radius 3 is 2.54 bits per heavy atom. The van der Waals surface area contributed by atoms with Crippen molar-refractivity contribution in [2.24, 2.45) is 5.73 Å². The van der Waals surface area contributed by atoms with Crippen molar-refractivity contribution < 1.29 is 13.2 Å². The predicted octanol–water partition coefficient (Wildman–Crippen LogP) is 2.54. The van der Waals surface area contributed by atoms with Gasteiger partial charge < -0.3 is 5.73 Å². The van der Waals surface area contributed by atoms with E-state index >= 15 is 0 Å². The first kappa shape index (κ1) is 10.3. The third-order valence-electron chi connectivity index (χ3n) is 2.05. The number of nitrogens with two attached hydrogens (primary N) is 1. The Morgan fingerprint density at radius 2 is 2.08 bits per heavy atom. The van der Waals surface area contributed by atoms with E-state index in [1.807, 2.05) is 0 Å². The molecule has 0 unspecified atom stereocenters. The lowest BCUT2D eigenvalue weighted by Gasteiger charge is -2.18. The average molecular weight is 191 g/mol. The fourth-order valence-corrected chi connectivity index (χ4v) is 1.28. The van der Waals surface area contributed by atoms with E-state index in [0.29, 0.717) is 18.4 Å². The highest BCUT2D eigenvalue weighted by Gasteiger charge is 2.33. The Balaban J connectivity index is 2.85. The molecule has 0 fully saturated rings. The van der Waals surface area contributed by atoms with Crippen LogP contribution in [0.5, 0.6) is 0 Å². The molecular weight excluding hydrogens is 179 g/mol. The molecule has 1 atom stereocenters. The van der Waals surface area contributed by atoms with Gasteiger partial charge in [0.15, 0.2) is 0 Å². The second-order valence-corrected chi connectivity index (χ2v) is 3.20. The van der Waals surface area contributed by atoms with E-state index in [9.17, 15) is 13.2 Å². The first-order chi connectivity index (χ1) is 5.91. The molecule has 0 saturated carbocycles. The summed E-state index contributed by atoms with van der Waals surface area (Å²) in [4.78, 5) is 0. The molecule has 0 bridgehead atoms. The maximum absolute atomic E-state index is 12.2. The van der Waals surface area contributed by atoms with E-state index in [0.717, 1.165) is 6.08 Å². The van der Waals surface area contributed by atoms with Crippen LogP contribution in [0.1, 0.15) is 19.8 Å². The van der Waals surface area contributed by atoms with Gasteiger partial charge in [-0.05, 0) is 25.8 Å². The Morgan fingerprint density at radius 1 is 1.46 bits per heavy atom. The summed E-state index contributed by atoms with van der Waals surface area (Å²) in [6.07, 6.45) is -0.792. The van der Waals surface area contributed by atoms with Gasteiger partial charge in [-0.25, -0.2) is 0 Å². The minimum atomic E-state index is -4.24. The fraction of sp³-hybridized carbons (Fsp3) is 0.556. The second kappa shape index (κ2) is 3.54. The van der Waals surface area contributed by atoms with Gasteiger partial charge >= 0.3 is 6.18 Å². The van der Waals surface area contributed by atoms with Crippen LogP contribution in [-0.2, 0) is 0 Å². The van der Waals surface area contributed by atoms with E-state index in [4.69, 9.17) is 5.73 Å². The lowest BCUT2D eigenvalue weighted by atomic mass is 9.95. The largest absolute Gasteiger partial charge is 0.416 e. The Labute approximate surface area is 75.1 Å². The van der Waals surface area contributed by atoms with Crippen LogP contribution < -0.4 is 5.73 Å². The maximum Gasteiger partial charge on any atom is 0.416 e. The number of allylic oxidation sites excluding steroid dienone is 3. The van der Waals surface area contributed by atoms with Crippen molar-refractivity contribution in [2.75, 3.05) is 0 Å². The van der Waals surface area contributed by atoms with Gasteiger partial charge in [0.05, 0.1) is 5.57 Å². The average Bonchev–Trinajstić information content (AvgIpc) is 2.03. The van der Waals surface area contributed by atoms with E-state index in [1.165, 1.54) is 6.08 Å². The summed E-state index contributed by atoms with van der Waals surface area (Å²) in [6.45, 7) is 1.70. The molecule has 1 aliphatic carbocycles. The summed E-state index contributed by atoms with van der Waals surface area (Å²) >= 11 is 0. The summed E-state index contributed by atoms with van der Waals surface area (Å²) in [5.41, 5.74) is 5.62. The number of rotatable bonds is 1. The first-order valence-electron chi connectivity index (χ1n) is 4.14. The molecule has 0 saturated heterocycles. The zero-order chi connectivity index (χ0) is 10.1. The molecule has 1 rings (SSSR count). The minimum absolute atomic E-state index is 0.286. The van der Waals surface area contributed by atoms with Crippen LogP contribution in [0, 0.1) is 0 Å². The normalized spacial score (nSPS) is 20.7. The maximum atomic E-state index is 12.2. The van der Waals surface area contributed by atoms with Gasteiger partial charge in [0.2, 0.25) is 0 Å². The van der Waals surface area contributed by atoms with Crippen LogP contribution in [0.4, 0.5) is 13.2 Å². The lowest BCUT2D eigenvalue weighted by Crippen LogP contribution is -2.21. The predicted molar refractivity (Wildman–Crippen MR) is 45.1 cm³/mol. The second-order valence-electron chi connectivity index (χ2n) is 3.20. The van der Waals surface area contributed by atoms with Crippen molar-refractivity contribution in [1.29, 1.82) is 0 Å². The molecule has 0 aromatic carbocycles. The van der Waals surface area contributed by atoms with Gasteiger partial charge in [-0.3, -0.25) is 0 Å². The molecule has 0 spiro atoms. The quantitative estimate of drug-likeness (QED) is 0.677. The van der Waals surface area contributed by atoms with E-state index in [-0.39, 0.29) is 6.04 Å². The third-order valence-corrected chi connectivity index (χ3v) is 2.05. The third kappa shape index (κ3) is 2.59. The summed E-state index contributed by atoms with van der Waals surface area (Å²) in [7, 11) is 0. The first-order valence-corrected chi connectivity index (χ1v) is 4.14. The molecule has 0 aromatic rings. The molecule has 0 amide bonds. The number of alkyl halides is 3. The highest BCUT2D eigenvalue weighted by molar-refractivity contribution is 5.33. The molecule has 2 N–H and O–H groups in total. The van der Waals surface area contributed by atoms with Gasteiger partial charge in [0, 0.05) is 6.04 Å². The van der Waals surface area contributed by atoms with E-state index in [1.54, 1.807) is 6.92 Å². The summed E-state index contributed by atoms with van der Waals surface area (Å²) in [6, 6.07) is -0.286. The zero-order valence-electron chi connectivity index (χ0n) is 7.36. The van der Waals surface area contributed by atoms with Crippen molar-refractivity contribution >= 4 is 0 Å². The van der Waals surface area contributed by atoms with Crippen molar-refractivity contribution in [3.8, 4) is 0 Å². The SMILES string of the molecule is C[C@@H](N)C1=CC(C(F)(F)F)=CCC1. The zero-order valence-corrected chi connectivity index (χ0v) is 7.36. The molecule has 0 aliphatic heterocycles.